The Morgan fingerprint density at radius 1 is 0.186 bits per heavy atom. The van der Waals surface area contributed by atoms with E-state index in [1.54, 1.807) is 0 Å². The van der Waals surface area contributed by atoms with Gasteiger partial charge in [-0.2, -0.15) is 0 Å². The molecule has 2 heterocycles. The van der Waals surface area contributed by atoms with Gasteiger partial charge in [0.2, 0.25) is 0 Å². The van der Waals surface area contributed by atoms with E-state index in [2.05, 4.69) is 350 Å². The van der Waals surface area contributed by atoms with Gasteiger partial charge in [0.1, 0.15) is 0 Å². The lowest BCUT2D eigenvalue weighted by Crippen LogP contribution is -2.72. The Hall–Kier alpha value is -10.9. The first-order valence-corrected chi connectivity index (χ1v) is 31.8. The zero-order chi connectivity index (χ0) is 57.0. The maximum atomic E-state index is 2.56. The van der Waals surface area contributed by atoms with Gasteiger partial charge in [0.25, 0.3) is 0 Å². The standard InChI is InChI=1S/C84H57NSi/c1-6-16-58(17-7-1)61-26-30-64(31-27-61)66-36-40-68(41-37-66)71-47-52-81-79(54-71)80-55-72(69-42-38-67(39-43-69)65-32-28-62(29-33-65)59-18-8-2-9-19-59)48-53-82(80)85(81)74-49-51-78-77-50-46-73(70-44-34-63(35-45-70)60-20-10-3-11-21-60)56-83(77)86(84(78)57-74,75-22-12-4-13-23-75)76-24-14-5-15-25-76/h1-57H. The van der Waals surface area contributed by atoms with Gasteiger partial charge >= 0.3 is 0 Å². The summed E-state index contributed by atoms with van der Waals surface area (Å²) < 4.78 is 2.53. The Bertz CT molecular complexity index is 4720. The maximum Gasteiger partial charge on any atom is 0.180 e. The molecule has 0 fully saturated rings. The molecule has 1 aromatic heterocycles. The van der Waals surface area contributed by atoms with Gasteiger partial charge in [0.05, 0.1) is 11.0 Å². The Labute approximate surface area is 503 Å². The van der Waals surface area contributed by atoms with Gasteiger partial charge < -0.3 is 4.57 Å². The third-order valence-electron chi connectivity index (χ3n) is 18.0. The maximum absolute atomic E-state index is 2.95. The van der Waals surface area contributed by atoms with Crippen molar-refractivity contribution in [1.29, 1.82) is 0 Å². The molecule has 1 aliphatic heterocycles. The van der Waals surface area contributed by atoms with Crippen molar-refractivity contribution in [3.05, 3.63) is 346 Å². The number of nitrogens with zero attached hydrogens (tertiary/aromatic N) is 1. The van der Waals surface area contributed by atoms with Crippen LogP contribution in [0.4, 0.5) is 0 Å². The van der Waals surface area contributed by atoms with E-state index in [4.69, 9.17) is 0 Å². The quantitative estimate of drug-likeness (QED) is 0.114. The summed E-state index contributed by atoms with van der Waals surface area (Å²) in [6.45, 7) is 0. The lowest BCUT2D eigenvalue weighted by Gasteiger charge is -2.32. The molecule has 86 heavy (non-hydrogen) atoms. The summed E-state index contributed by atoms with van der Waals surface area (Å²) in [6.07, 6.45) is 0. The van der Waals surface area contributed by atoms with Gasteiger partial charge in [-0.15, -0.1) is 0 Å². The summed E-state index contributed by atoms with van der Waals surface area (Å²) in [5.74, 6) is 0. The molecule has 16 rings (SSSR count). The Morgan fingerprint density at radius 2 is 0.430 bits per heavy atom. The molecule has 0 radical (unpaired) electrons. The molecule has 0 spiro atoms. The van der Waals surface area contributed by atoms with Gasteiger partial charge in [-0.1, -0.05) is 309 Å². The monoisotopic (exact) mass is 1110 g/mol. The van der Waals surface area contributed by atoms with Crippen LogP contribution in [0.15, 0.2) is 346 Å². The highest BCUT2D eigenvalue weighted by atomic mass is 28.3. The van der Waals surface area contributed by atoms with Crippen LogP contribution >= 0.6 is 0 Å². The highest BCUT2D eigenvalue weighted by Crippen LogP contribution is 2.41. The lowest BCUT2D eigenvalue weighted by molar-refractivity contribution is 1.18. The molecular formula is C84H57NSi. The van der Waals surface area contributed by atoms with Crippen LogP contribution in [0.2, 0.25) is 0 Å². The number of aromatic nitrogens is 1. The van der Waals surface area contributed by atoms with Crippen LogP contribution in [-0.2, 0) is 0 Å². The third-order valence-corrected chi connectivity index (χ3v) is 22.8. The minimum atomic E-state index is -2.95. The zero-order valence-electron chi connectivity index (χ0n) is 47.4. The SMILES string of the molecule is c1ccc(-c2ccc(-c3ccc(-c4ccc5c(c4)c4cc(-c6ccc(-c7ccc(-c8ccccc8)cc7)cc6)ccc4n5-c4ccc5c(c4)[Si](c4ccccc4)(c4ccccc4)c4cc(-c6ccc(-c7ccccc7)cc6)ccc4-5)cc3)cc2)cc1. The van der Waals surface area contributed by atoms with Gasteiger partial charge in [0.15, 0.2) is 8.07 Å². The van der Waals surface area contributed by atoms with Gasteiger partial charge in [-0.05, 0) is 157 Å². The minimum absolute atomic E-state index is 1.16. The van der Waals surface area contributed by atoms with Crippen molar-refractivity contribution >= 4 is 50.6 Å². The van der Waals surface area contributed by atoms with Crippen LogP contribution in [0.1, 0.15) is 0 Å². The molecule has 1 aliphatic rings. The second-order valence-electron chi connectivity index (χ2n) is 22.8. The first-order chi connectivity index (χ1) is 42.6. The van der Waals surface area contributed by atoms with Crippen LogP contribution in [0.5, 0.6) is 0 Å². The second-order valence-corrected chi connectivity index (χ2v) is 26.5. The molecule has 1 nitrogen and oxygen atoms in total. The van der Waals surface area contributed by atoms with Crippen molar-refractivity contribution < 1.29 is 0 Å². The summed E-state index contributed by atoms with van der Waals surface area (Å²) in [5.41, 5.74) is 25.5. The lowest BCUT2D eigenvalue weighted by atomic mass is 9.96. The Kier molecular flexibility index (Phi) is 12.6. The normalized spacial score (nSPS) is 12.3. The average molecular weight is 1110 g/mol. The van der Waals surface area contributed by atoms with Crippen LogP contribution in [0, 0.1) is 0 Å². The highest BCUT2D eigenvalue weighted by Gasteiger charge is 2.49. The van der Waals surface area contributed by atoms with Crippen LogP contribution < -0.4 is 20.7 Å². The van der Waals surface area contributed by atoms with Gasteiger partial charge in [0, 0.05) is 16.5 Å². The Balaban J connectivity index is 0.829. The summed E-state index contributed by atoms with van der Waals surface area (Å²) in [6, 6.07) is 129. The van der Waals surface area contributed by atoms with Crippen molar-refractivity contribution in [2.45, 2.75) is 0 Å². The molecule has 0 atom stereocenters. The molecule has 0 bridgehead atoms. The van der Waals surface area contributed by atoms with Crippen LogP contribution in [-0.4, -0.2) is 12.6 Å². The summed E-state index contributed by atoms with van der Waals surface area (Å²) in [7, 11) is -2.95. The van der Waals surface area contributed by atoms with E-state index in [9.17, 15) is 0 Å². The minimum Gasteiger partial charge on any atom is -0.309 e. The molecular weight excluding hydrogens is 1050 g/mol. The number of fused-ring (bicyclic) bond motifs is 6. The molecule has 402 valence electrons. The summed E-state index contributed by atoms with van der Waals surface area (Å²) >= 11 is 0. The number of benzene rings is 14. The largest absolute Gasteiger partial charge is 0.309 e. The summed E-state index contributed by atoms with van der Waals surface area (Å²) in [5, 5.41) is 8.02. The topological polar surface area (TPSA) is 4.93 Å². The molecule has 15 aromatic rings. The smallest absolute Gasteiger partial charge is 0.180 e. The van der Waals surface area contributed by atoms with Crippen LogP contribution in [0.3, 0.4) is 0 Å². The average Bonchev–Trinajstić information content (AvgIpc) is 1.64. The van der Waals surface area contributed by atoms with E-state index in [-0.39, 0.29) is 0 Å². The Morgan fingerprint density at radius 3 is 0.767 bits per heavy atom. The molecule has 14 aromatic carbocycles. The molecule has 0 saturated heterocycles. The fraction of sp³-hybridized carbons (Fsp3) is 0. The van der Waals surface area contributed by atoms with Crippen molar-refractivity contribution in [2.75, 3.05) is 0 Å². The molecule has 2 heteroatoms. The first-order valence-electron chi connectivity index (χ1n) is 29.8. The highest BCUT2D eigenvalue weighted by molar-refractivity contribution is 7.22. The second kappa shape index (κ2) is 21.4. The molecule has 0 amide bonds. The van der Waals surface area contributed by atoms with Gasteiger partial charge in [-0.3, -0.25) is 0 Å². The van der Waals surface area contributed by atoms with E-state index in [1.807, 2.05) is 0 Å². The molecule has 0 unspecified atom stereocenters. The number of hydrogen-bond acceptors (Lipinski definition) is 0. The van der Waals surface area contributed by atoms with E-state index >= 15 is 0 Å². The zero-order valence-corrected chi connectivity index (χ0v) is 48.4. The summed E-state index contributed by atoms with van der Waals surface area (Å²) in [4.78, 5) is 0. The molecule has 0 saturated carbocycles. The van der Waals surface area contributed by atoms with Crippen LogP contribution in [0.25, 0.3) is 128 Å². The van der Waals surface area contributed by atoms with Crippen molar-refractivity contribution in [2.24, 2.45) is 0 Å². The van der Waals surface area contributed by atoms with Crippen molar-refractivity contribution in [3.8, 4) is 106 Å². The molecule has 0 N–H and O–H groups in total. The van der Waals surface area contributed by atoms with Crippen molar-refractivity contribution in [3.63, 3.8) is 0 Å². The van der Waals surface area contributed by atoms with Gasteiger partial charge in [-0.25, -0.2) is 0 Å². The fourth-order valence-corrected chi connectivity index (χ4v) is 18.9. The molecule has 0 aliphatic carbocycles. The number of rotatable bonds is 11. The van der Waals surface area contributed by atoms with E-state index < -0.39 is 8.07 Å². The van der Waals surface area contributed by atoms with E-state index in [0.29, 0.717) is 0 Å². The van der Waals surface area contributed by atoms with E-state index in [1.165, 1.54) is 143 Å². The number of hydrogen-bond donors (Lipinski definition) is 0. The predicted octanol–water partition coefficient (Wildman–Crippen LogP) is 19.5. The van der Waals surface area contributed by atoms with Crippen molar-refractivity contribution in [1.82, 2.24) is 4.57 Å². The fourth-order valence-electron chi connectivity index (χ4n) is 13.6. The van der Waals surface area contributed by atoms with E-state index in [0.717, 1.165) is 5.69 Å². The predicted molar refractivity (Wildman–Crippen MR) is 367 cm³/mol. The third kappa shape index (κ3) is 8.86. The first kappa shape index (κ1) is 50.8.